The Kier molecular flexibility index (Phi) is 48.4. The van der Waals surface area contributed by atoms with E-state index in [1.807, 2.05) is 0 Å². The average molecular weight is 867 g/mol. The van der Waals surface area contributed by atoms with Crippen molar-refractivity contribution in [3.63, 3.8) is 0 Å². The van der Waals surface area contributed by atoms with E-state index in [1.54, 1.807) is 0 Å². The van der Waals surface area contributed by atoms with Gasteiger partial charge in [-0.25, -0.2) is 0 Å². The van der Waals surface area contributed by atoms with E-state index >= 15 is 0 Å². The third-order valence-electron chi connectivity index (χ3n) is 11.2. The standard InChI is InChI=1S/C56H98O6/c1-4-7-10-13-16-19-22-25-27-28-30-32-35-37-40-43-46-49-55(58)61-52-53(62-56(59)50-47-44-41-38-33-24-21-18-15-12-9-6-3)51-60-54(57)48-45-42-39-36-34-31-29-26-23-20-17-14-11-8-5-2/h16-17,19-20,25-27,29-30,32,53H,4-15,18,21-24,28,31,33-52H2,1-3H3/b19-16-,20-17-,27-25-,29-26-,32-30-/t53-/m0/s1. The maximum atomic E-state index is 12.8. The lowest BCUT2D eigenvalue weighted by atomic mass is 10.0. The van der Waals surface area contributed by atoms with E-state index in [-0.39, 0.29) is 31.1 Å². The van der Waals surface area contributed by atoms with Crippen LogP contribution in [-0.4, -0.2) is 37.2 Å². The predicted molar refractivity (Wildman–Crippen MR) is 265 cm³/mol. The molecule has 0 aromatic carbocycles. The van der Waals surface area contributed by atoms with Crippen molar-refractivity contribution >= 4 is 17.9 Å². The van der Waals surface area contributed by atoms with Gasteiger partial charge in [-0.15, -0.1) is 0 Å². The SMILES string of the molecule is CCCCC/C=C\C/C=C\C/C=C\CCCCCCC(=O)OC[C@H](COC(=O)CCCCCCC/C=C\C/C=C\CCCCC)OC(=O)CCCCCCCCCCCCCC. The summed E-state index contributed by atoms with van der Waals surface area (Å²) in [7, 11) is 0. The highest BCUT2D eigenvalue weighted by Gasteiger charge is 2.19. The molecule has 0 rings (SSSR count). The Morgan fingerprint density at radius 1 is 0.323 bits per heavy atom. The second-order valence-corrected chi connectivity index (χ2v) is 17.4. The Bertz CT molecular complexity index is 1130. The van der Waals surface area contributed by atoms with E-state index in [9.17, 15) is 14.4 Å². The number of ether oxygens (including phenoxy) is 3. The van der Waals surface area contributed by atoms with Crippen LogP contribution in [0.3, 0.4) is 0 Å². The molecule has 358 valence electrons. The van der Waals surface area contributed by atoms with Crippen molar-refractivity contribution in [1.82, 2.24) is 0 Å². The van der Waals surface area contributed by atoms with Crippen molar-refractivity contribution in [3.8, 4) is 0 Å². The molecule has 6 heteroatoms. The summed E-state index contributed by atoms with van der Waals surface area (Å²) in [6.45, 7) is 6.56. The zero-order chi connectivity index (χ0) is 45.1. The second kappa shape index (κ2) is 50.8. The molecular weight excluding hydrogens is 769 g/mol. The van der Waals surface area contributed by atoms with Crippen molar-refractivity contribution in [3.05, 3.63) is 60.8 Å². The summed E-state index contributed by atoms with van der Waals surface area (Å²) < 4.78 is 16.8. The van der Waals surface area contributed by atoms with E-state index in [2.05, 4.69) is 81.5 Å². The molecule has 0 saturated carbocycles. The molecular formula is C56H98O6. The van der Waals surface area contributed by atoms with Gasteiger partial charge in [0.2, 0.25) is 0 Å². The summed E-state index contributed by atoms with van der Waals surface area (Å²) in [6, 6.07) is 0. The second-order valence-electron chi connectivity index (χ2n) is 17.4. The number of esters is 3. The molecule has 0 N–H and O–H groups in total. The van der Waals surface area contributed by atoms with E-state index in [0.717, 1.165) is 103 Å². The Labute approximate surface area is 383 Å². The summed E-state index contributed by atoms with van der Waals surface area (Å²) in [5, 5.41) is 0. The largest absolute Gasteiger partial charge is 0.462 e. The molecule has 1 atom stereocenters. The highest BCUT2D eigenvalue weighted by Crippen LogP contribution is 2.15. The monoisotopic (exact) mass is 867 g/mol. The van der Waals surface area contributed by atoms with Gasteiger partial charge in [-0.2, -0.15) is 0 Å². The first-order chi connectivity index (χ1) is 30.5. The lowest BCUT2D eigenvalue weighted by molar-refractivity contribution is -0.167. The van der Waals surface area contributed by atoms with Crippen molar-refractivity contribution in [1.29, 1.82) is 0 Å². The average Bonchev–Trinajstić information content (AvgIpc) is 3.27. The van der Waals surface area contributed by atoms with Crippen molar-refractivity contribution < 1.29 is 28.6 Å². The number of rotatable bonds is 47. The first kappa shape index (κ1) is 59.1. The molecule has 0 spiro atoms. The molecule has 0 amide bonds. The first-order valence-electron chi connectivity index (χ1n) is 26.3. The zero-order valence-corrected chi connectivity index (χ0v) is 40.9. The molecule has 6 nitrogen and oxygen atoms in total. The van der Waals surface area contributed by atoms with Gasteiger partial charge in [-0.3, -0.25) is 14.4 Å². The van der Waals surface area contributed by atoms with E-state index < -0.39 is 6.10 Å². The van der Waals surface area contributed by atoms with Crippen LogP contribution in [0.25, 0.3) is 0 Å². The molecule has 0 fully saturated rings. The van der Waals surface area contributed by atoms with Gasteiger partial charge in [0, 0.05) is 19.3 Å². The normalized spacial score (nSPS) is 12.5. The lowest BCUT2D eigenvalue weighted by Gasteiger charge is -2.18. The minimum Gasteiger partial charge on any atom is -0.462 e. The number of carbonyl (C=O) groups excluding carboxylic acids is 3. The van der Waals surface area contributed by atoms with Gasteiger partial charge in [0.1, 0.15) is 13.2 Å². The van der Waals surface area contributed by atoms with Gasteiger partial charge < -0.3 is 14.2 Å². The van der Waals surface area contributed by atoms with Gasteiger partial charge in [0.05, 0.1) is 0 Å². The highest BCUT2D eigenvalue weighted by atomic mass is 16.6. The minimum atomic E-state index is -0.786. The molecule has 0 aliphatic carbocycles. The van der Waals surface area contributed by atoms with E-state index in [1.165, 1.54) is 116 Å². The summed E-state index contributed by atoms with van der Waals surface area (Å²) >= 11 is 0. The van der Waals surface area contributed by atoms with Crippen molar-refractivity contribution in [2.75, 3.05) is 13.2 Å². The lowest BCUT2D eigenvalue weighted by Crippen LogP contribution is -2.30. The third kappa shape index (κ3) is 48.1. The van der Waals surface area contributed by atoms with Crippen LogP contribution in [0.5, 0.6) is 0 Å². The maximum absolute atomic E-state index is 12.8. The molecule has 62 heavy (non-hydrogen) atoms. The number of hydrogen-bond acceptors (Lipinski definition) is 6. The van der Waals surface area contributed by atoms with Crippen LogP contribution in [0.4, 0.5) is 0 Å². The zero-order valence-electron chi connectivity index (χ0n) is 40.9. The van der Waals surface area contributed by atoms with Gasteiger partial charge in [0.25, 0.3) is 0 Å². The maximum Gasteiger partial charge on any atom is 0.306 e. The van der Waals surface area contributed by atoms with Gasteiger partial charge >= 0.3 is 17.9 Å². The van der Waals surface area contributed by atoms with Gasteiger partial charge in [-0.05, 0) is 89.9 Å². The molecule has 0 aromatic heterocycles. The molecule has 0 bridgehead atoms. The fourth-order valence-corrected chi connectivity index (χ4v) is 7.24. The summed E-state index contributed by atoms with van der Waals surface area (Å²) in [6.07, 6.45) is 61.9. The van der Waals surface area contributed by atoms with Crippen molar-refractivity contribution in [2.24, 2.45) is 0 Å². The Balaban J connectivity index is 4.42. The number of unbranched alkanes of at least 4 members (excludes halogenated alkanes) is 26. The van der Waals surface area contributed by atoms with Crippen LogP contribution in [-0.2, 0) is 28.6 Å². The third-order valence-corrected chi connectivity index (χ3v) is 11.2. The first-order valence-corrected chi connectivity index (χ1v) is 26.3. The molecule has 0 aromatic rings. The number of hydrogen-bond donors (Lipinski definition) is 0. The smallest absolute Gasteiger partial charge is 0.306 e. The van der Waals surface area contributed by atoms with Gasteiger partial charge in [-0.1, -0.05) is 210 Å². The molecule has 0 heterocycles. The Morgan fingerprint density at radius 2 is 0.581 bits per heavy atom. The Morgan fingerprint density at radius 3 is 0.935 bits per heavy atom. The van der Waals surface area contributed by atoms with Crippen LogP contribution in [0.2, 0.25) is 0 Å². The van der Waals surface area contributed by atoms with Gasteiger partial charge in [0.15, 0.2) is 6.10 Å². The van der Waals surface area contributed by atoms with Crippen LogP contribution in [0, 0.1) is 0 Å². The summed E-state index contributed by atoms with van der Waals surface area (Å²) in [5.74, 6) is -0.916. The molecule has 0 aliphatic rings. The quantitative estimate of drug-likeness (QED) is 0.0262. The number of carbonyl (C=O) groups is 3. The summed E-state index contributed by atoms with van der Waals surface area (Å²) in [5.41, 5.74) is 0. The van der Waals surface area contributed by atoms with Crippen LogP contribution in [0.15, 0.2) is 60.8 Å². The topological polar surface area (TPSA) is 78.9 Å². The van der Waals surface area contributed by atoms with Crippen LogP contribution in [0.1, 0.15) is 258 Å². The van der Waals surface area contributed by atoms with E-state index in [4.69, 9.17) is 14.2 Å². The fourth-order valence-electron chi connectivity index (χ4n) is 7.24. The molecule has 0 saturated heterocycles. The summed E-state index contributed by atoms with van der Waals surface area (Å²) in [4.78, 5) is 38.0. The van der Waals surface area contributed by atoms with Crippen LogP contribution >= 0.6 is 0 Å². The number of allylic oxidation sites excluding steroid dienone is 10. The minimum absolute atomic E-state index is 0.0873. The molecule has 0 unspecified atom stereocenters. The fraction of sp³-hybridized carbons (Fsp3) is 0.768. The molecule has 0 radical (unpaired) electrons. The highest BCUT2D eigenvalue weighted by molar-refractivity contribution is 5.71. The van der Waals surface area contributed by atoms with Crippen molar-refractivity contribution in [2.45, 2.75) is 264 Å². The molecule has 0 aliphatic heterocycles. The Hall–Kier alpha value is -2.89. The van der Waals surface area contributed by atoms with Crippen LogP contribution < -0.4 is 0 Å². The van der Waals surface area contributed by atoms with E-state index in [0.29, 0.717) is 19.3 Å². The predicted octanol–water partition coefficient (Wildman–Crippen LogP) is 17.3.